The van der Waals surface area contributed by atoms with Crippen molar-refractivity contribution in [1.29, 1.82) is 0 Å². The van der Waals surface area contributed by atoms with Gasteiger partial charge in [0.1, 0.15) is 0 Å². The Labute approximate surface area is 93.2 Å². The largest absolute Gasteiger partial charge is 0.371 e. The second-order valence-corrected chi connectivity index (χ2v) is 5.45. The van der Waals surface area contributed by atoms with Crippen molar-refractivity contribution >= 4 is 0 Å². The van der Waals surface area contributed by atoms with E-state index in [1.807, 2.05) is 0 Å². The molecule has 0 amide bonds. The molecular formula is C12H24N2O. The quantitative estimate of drug-likeness (QED) is 0.755. The van der Waals surface area contributed by atoms with E-state index in [1.165, 1.54) is 25.9 Å². The van der Waals surface area contributed by atoms with Crippen LogP contribution in [0.3, 0.4) is 0 Å². The highest BCUT2D eigenvalue weighted by molar-refractivity contribution is 4.90. The summed E-state index contributed by atoms with van der Waals surface area (Å²) in [6.07, 6.45) is 2.76. The molecule has 2 aliphatic rings. The standard InChI is InChI=1S/C12H24N2O/c1-11-4-3-5-14(8-11)6-7-15-12(2)9-13-10-12/h11,13H,3-10H2,1-2H3. The summed E-state index contributed by atoms with van der Waals surface area (Å²) in [5, 5.41) is 3.26. The number of ether oxygens (including phenoxy) is 1. The van der Waals surface area contributed by atoms with E-state index in [0.29, 0.717) is 0 Å². The van der Waals surface area contributed by atoms with Crippen molar-refractivity contribution in [2.45, 2.75) is 32.3 Å². The Hall–Kier alpha value is -0.120. The van der Waals surface area contributed by atoms with E-state index in [1.54, 1.807) is 0 Å². The first-order valence-corrected chi connectivity index (χ1v) is 6.25. The molecule has 0 aromatic carbocycles. The molecule has 0 aliphatic carbocycles. The van der Waals surface area contributed by atoms with Crippen LogP contribution in [-0.4, -0.2) is 49.8 Å². The van der Waals surface area contributed by atoms with Gasteiger partial charge in [-0.05, 0) is 32.2 Å². The highest BCUT2D eigenvalue weighted by atomic mass is 16.5. The van der Waals surface area contributed by atoms with Gasteiger partial charge in [-0.3, -0.25) is 0 Å². The molecule has 0 radical (unpaired) electrons. The highest BCUT2D eigenvalue weighted by Crippen LogP contribution is 2.17. The molecule has 1 unspecified atom stereocenters. The predicted molar refractivity (Wildman–Crippen MR) is 62.1 cm³/mol. The van der Waals surface area contributed by atoms with Crippen molar-refractivity contribution in [2.75, 3.05) is 39.3 Å². The lowest BCUT2D eigenvalue weighted by Gasteiger charge is -2.40. The molecule has 2 rings (SSSR count). The summed E-state index contributed by atoms with van der Waals surface area (Å²) in [6.45, 7) is 11.1. The third kappa shape index (κ3) is 3.16. The minimum absolute atomic E-state index is 0.126. The van der Waals surface area contributed by atoms with E-state index in [9.17, 15) is 0 Å². The van der Waals surface area contributed by atoms with Crippen molar-refractivity contribution in [3.63, 3.8) is 0 Å². The number of piperidine rings is 1. The van der Waals surface area contributed by atoms with Crippen LogP contribution in [0.2, 0.25) is 0 Å². The van der Waals surface area contributed by atoms with Gasteiger partial charge in [0.05, 0.1) is 12.2 Å². The molecular weight excluding hydrogens is 188 g/mol. The maximum Gasteiger partial charge on any atom is 0.0902 e. The average molecular weight is 212 g/mol. The maximum absolute atomic E-state index is 5.90. The van der Waals surface area contributed by atoms with Gasteiger partial charge < -0.3 is 15.0 Å². The van der Waals surface area contributed by atoms with Gasteiger partial charge in [0.15, 0.2) is 0 Å². The van der Waals surface area contributed by atoms with Crippen molar-refractivity contribution in [2.24, 2.45) is 5.92 Å². The van der Waals surface area contributed by atoms with Crippen LogP contribution >= 0.6 is 0 Å². The van der Waals surface area contributed by atoms with Crippen LogP contribution in [0.4, 0.5) is 0 Å². The molecule has 2 saturated heterocycles. The number of hydrogen-bond acceptors (Lipinski definition) is 3. The highest BCUT2D eigenvalue weighted by Gasteiger charge is 2.32. The zero-order valence-electron chi connectivity index (χ0n) is 10.1. The van der Waals surface area contributed by atoms with Crippen molar-refractivity contribution in [3.8, 4) is 0 Å². The molecule has 3 heteroatoms. The van der Waals surface area contributed by atoms with Crippen LogP contribution in [-0.2, 0) is 4.74 Å². The zero-order valence-corrected chi connectivity index (χ0v) is 10.1. The fourth-order valence-corrected chi connectivity index (χ4v) is 2.49. The molecule has 3 nitrogen and oxygen atoms in total. The Bertz CT molecular complexity index is 204. The minimum Gasteiger partial charge on any atom is -0.371 e. The van der Waals surface area contributed by atoms with E-state index in [-0.39, 0.29) is 5.60 Å². The van der Waals surface area contributed by atoms with Crippen LogP contribution in [0, 0.1) is 5.92 Å². The Morgan fingerprint density at radius 1 is 1.47 bits per heavy atom. The number of nitrogens with one attached hydrogen (secondary N) is 1. The summed E-state index contributed by atoms with van der Waals surface area (Å²) in [5.41, 5.74) is 0.126. The predicted octanol–water partition coefficient (Wildman–Crippen LogP) is 1.10. The molecule has 2 aliphatic heterocycles. The van der Waals surface area contributed by atoms with Crippen molar-refractivity contribution < 1.29 is 4.74 Å². The third-order valence-electron chi connectivity index (χ3n) is 3.60. The lowest BCUT2D eigenvalue weighted by atomic mass is 10.00. The number of nitrogens with zero attached hydrogens (tertiary/aromatic N) is 1. The summed E-state index contributed by atoms with van der Waals surface area (Å²) < 4.78 is 5.90. The Morgan fingerprint density at radius 2 is 2.27 bits per heavy atom. The van der Waals surface area contributed by atoms with Gasteiger partial charge in [-0.2, -0.15) is 0 Å². The Balaban J connectivity index is 1.60. The first-order chi connectivity index (χ1) is 7.18. The van der Waals surface area contributed by atoms with Gasteiger partial charge in [0, 0.05) is 26.2 Å². The molecule has 2 fully saturated rings. The molecule has 15 heavy (non-hydrogen) atoms. The monoisotopic (exact) mass is 212 g/mol. The summed E-state index contributed by atoms with van der Waals surface area (Å²) >= 11 is 0. The molecule has 1 atom stereocenters. The fraction of sp³-hybridized carbons (Fsp3) is 1.00. The molecule has 0 saturated carbocycles. The van der Waals surface area contributed by atoms with Crippen molar-refractivity contribution in [1.82, 2.24) is 10.2 Å². The first kappa shape index (κ1) is 11.4. The molecule has 1 N–H and O–H groups in total. The minimum atomic E-state index is 0.126. The summed E-state index contributed by atoms with van der Waals surface area (Å²) in [4.78, 5) is 2.55. The number of rotatable bonds is 4. The lowest BCUT2D eigenvalue weighted by Crippen LogP contribution is -2.59. The van der Waals surface area contributed by atoms with Crippen LogP contribution < -0.4 is 5.32 Å². The van der Waals surface area contributed by atoms with E-state index in [2.05, 4.69) is 24.1 Å². The average Bonchev–Trinajstić information content (AvgIpc) is 2.15. The van der Waals surface area contributed by atoms with E-state index in [0.717, 1.165) is 32.2 Å². The SMILES string of the molecule is CC1CCCN(CCOC2(C)CNC2)C1. The van der Waals surface area contributed by atoms with Crippen molar-refractivity contribution in [3.05, 3.63) is 0 Å². The van der Waals surface area contributed by atoms with E-state index >= 15 is 0 Å². The first-order valence-electron chi connectivity index (χ1n) is 6.25. The van der Waals surface area contributed by atoms with Gasteiger partial charge in [-0.25, -0.2) is 0 Å². The molecule has 88 valence electrons. The van der Waals surface area contributed by atoms with Crippen LogP contribution in [0.1, 0.15) is 26.7 Å². The van der Waals surface area contributed by atoms with Gasteiger partial charge in [0.25, 0.3) is 0 Å². The molecule has 2 heterocycles. The Kier molecular flexibility index (Phi) is 3.65. The normalized spacial score (nSPS) is 31.2. The summed E-state index contributed by atoms with van der Waals surface area (Å²) in [6, 6.07) is 0. The maximum atomic E-state index is 5.90. The fourth-order valence-electron chi connectivity index (χ4n) is 2.49. The number of hydrogen-bond donors (Lipinski definition) is 1. The third-order valence-corrected chi connectivity index (χ3v) is 3.60. The topological polar surface area (TPSA) is 24.5 Å². The molecule has 0 spiro atoms. The van der Waals surface area contributed by atoms with E-state index in [4.69, 9.17) is 4.74 Å². The molecule has 0 aromatic heterocycles. The smallest absolute Gasteiger partial charge is 0.0902 e. The van der Waals surface area contributed by atoms with Crippen LogP contribution in [0.5, 0.6) is 0 Å². The molecule has 0 aromatic rings. The summed E-state index contributed by atoms with van der Waals surface area (Å²) in [5.74, 6) is 0.875. The van der Waals surface area contributed by atoms with Gasteiger partial charge in [-0.15, -0.1) is 0 Å². The molecule has 0 bridgehead atoms. The van der Waals surface area contributed by atoms with Gasteiger partial charge in [0.2, 0.25) is 0 Å². The van der Waals surface area contributed by atoms with Gasteiger partial charge >= 0.3 is 0 Å². The second-order valence-electron chi connectivity index (χ2n) is 5.45. The van der Waals surface area contributed by atoms with Crippen LogP contribution in [0.25, 0.3) is 0 Å². The number of likely N-dealkylation sites (tertiary alicyclic amines) is 1. The van der Waals surface area contributed by atoms with E-state index < -0.39 is 0 Å². The second kappa shape index (κ2) is 4.81. The summed E-state index contributed by atoms with van der Waals surface area (Å²) in [7, 11) is 0. The zero-order chi connectivity index (χ0) is 10.7. The van der Waals surface area contributed by atoms with Gasteiger partial charge in [-0.1, -0.05) is 6.92 Å². The lowest BCUT2D eigenvalue weighted by molar-refractivity contribution is -0.0737. The Morgan fingerprint density at radius 3 is 2.87 bits per heavy atom. The van der Waals surface area contributed by atoms with Crippen LogP contribution in [0.15, 0.2) is 0 Å².